The Labute approximate surface area is 185 Å². The Kier molecular flexibility index (Phi) is 228. The molecule has 0 aromatic heterocycles. The van der Waals surface area contributed by atoms with E-state index in [-0.39, 0.29) is 73.3 Å². The molecule has 0 amide bonds. The quantitative estimate of drug-likeness (QED) is 0.165. The van der Waals surface area contributed by atoms with Crippen LogP contribution in [0.2, 0.25) is 0 Å². The van der Waals surface area contributed by atoms with Crippen LogP contribution in [-0.2, 0) is 94.1 Å². The van der Waals surface area contributed by atoms with Gasteiger partial charge in [-0.15, -0.1) is 0 Å². The third-order valence-electron chi connectivity index (χ3n) is 0. The monoisotopic (exact) mass is 639 g/mol. The number of rotatable bonds is 0. The fourth-order valence-electron chi connectivity index (χ4n) is 0. The third kappa shape index (κ3) is 437. The molecule has 0 heterocycles. The van der Waals surface area contributed by atoms with E-state index in [0.29, 0.717) is 0 Å². The summed E-state index contributed by atoms with van der Waals surface area (Å²) >= 11 is -4.06. The van der Waals surface area contributed by atoms with E-state index in [9.17, 15) is 0 Å². The molecule has 0 unspecified atom stereocenters. The van der Waals surface area contributed by atoms with Crippen molar-refractivity contribution in [2.45, 2.75) is 0 Å². The molecule has 0 aromatic carbocycles. The van der Waals surface area contributed by atoms with Gasteiger partial charge in [0.25, 0.3) is 0 Å². The van der Waals surface area contributed by atoms with Crippen LogP contribution in [0, 0.1) is 35.6 Å². The number of hydrogen-bond donors (Lipinski definition) is 5. The van der Waals surface area contributed by atoms with Gasteiger partial charge in [-0.05, 0) is 0 Å². The van der Waals surface area contributed by atoms with E-state index in [1.165, 1.54) is 0 Å². The molecule has 0 spiro atoms. The van der Waals surface area contributed by atoms with Gasteiger partial charge < -0.3 is 0 Å². The Morgan fingerprint density at radius 1 is 0.471 bits per heavy atom. The van der Waals surface area contributed by atoms with Gasteiger partial charge in [0, 0.05) is 0 Å². The van der Waals surface area contributed by atoms with E-state index in [4.69, 9.17) is 40.4 Å². The summed E-state index contributed by atoms with van der Waals surface area (Å²) < 4.78 is 77.2. The summed E-state index contributed by atoms with van der Waals surface area (Å²) in [5, 5.41) is 0. The first kappa shape index (κ1) is 42.8. The van der Waals surface area contributed by atoms with Crippen molar-refractivity contribution in [3.8, 4) is 0 Å². The Balaban J connectivity index is -0.0000000143. The van der Waals surface area contributed by atoms with Crippen molar-refractivity contribution in [1.82, 2.24) is 0 Å². The molecule has 5 N–H and O–H groups in total. The number of hydrogen-bond acceptors (Lipinski definition) is 5. The summed E-state index contributed by atoms with van der Waals surface area (Å²) in [5.74, 6) is 0. The molecule has 115 valence electrons. The SMILES string of the molecule is [Ca+2].[La+3].[O]=[Co-][OH].[O]=[Co-][OH].[O]=[Co-][OH].[O]=[Co-][OH].[O]=[Co-][OH]. The maximum absolute atomic E-state index is 8.45. The van der Waals surface area contributed by atoms with Crippen molar-refractivity contribution in [2.24, 2.45) is 0 Å². The summed E-state index contributed by atoms with van der Waals surface area (Å²) in [6, 6.07) is 0. The van der Waals surface area contributed by atoms with Crippen LogP contribution in [0.1, 0.15) is 0 Å². The second-order valence-corrected chi connectivity index (χ2v) is 1.25. The molecule has 0 aliphatic carbocycles. The fraction of sp³-hybridized carbons (Fsp3) is 0. The predicted octanol–water partition coefficient (Wildman–Crippen LogP) is -3.77. The zero-order chi connectivity index (χ0) is 13.5. The van der Waals surface area contributed by atoms with Gasteiger partial charge in [-0.1, -0.05) is 0 Å². The van der Waals surface area contributed by atoms with Gasteiger partial charge >= 0.3 is 189 Å². The first-order valence-electron chi connectivity index (χ1n) is 1.43. The van der Waals surface area contributed by atoms with Crippen LogP contribution in [0.3, 0.4) is 0 Å². The summed E-state index contributed by atoms with van der Waals surface area (Å²) in [7, 11) is 0. The van der Waals surface area contributed by atoms with Crippen molar-refractivity contribution in [3.05, 3.63) is 0 Å². The van der Waals surface area contributed by atoms with Crippen molar-refractivity contribution in [2.75, 3.05) is 0 Å². The van der Waals surface area contributed by atoms with Crippen molar-refractivity contribution in [3.63, 3.8) is 0 Å². The van der Waals surface area contributed by atoms with Crippen LogP contribution in [0.4, 0.5) is 0 Å². The van der Waals surface area contributed by atoms with Crippen LogP contribution in [-0.4, -0.2) is 58.8 Å². The first-order valence-corrected chi connectivity index (χ1v) is 5.88. The molecule has 0 saturated carbocycles. The average Bonchev–Trinajstić information content (AvgIpc) is 2.09. The first-order chi connectivity index (χ1) is 7.07. The Hall–Kier alpha value is 3.79. The minimum atomic E-state index is -0.812. The van der Waals surface area contributed by atoms with Gasteiger partial charge in [-0.25, -0.2) is 0 Å². The van der Waals surface area contributed by atoms with Gasteiger partial charge in [0.15, 0.2) is 0 Å². The van der Waals surface area contributed by atoms with Crippen molar-refractivity contribution < 1.29 is 151 Å². The van der Waals surface area contributed by atoms with Crippen LogP contribution in [0.25, 0.3) is 0 Å². The molecule has 0 aliphatic rings. The Morgan fingerprint density at radius 3 is 0.471 bits per heavy atom. The van der Waals surface area contributed by atoms with E-state index in [2.05, 4.69) is 0 Å². The van der Waals surface area contributed by atoms with E-state index in [1.807, 2.05) is 0 Å². The van der Waals surface area contributed by atoms with Crippen LogP contribution >= 0.6 is 0 Å². The molecule has 0 atom stereocenters. The van der Waals surface area contributed by atoms with Crippen LogP contribution < -0.4 is 0 Å². The Bertz CT molecular complexity index is 97.0. The molecule has 0 saturated heterocycles. The predicted molar refractivity (Wildman–Crippen MR) is 20.3 cm³/mol. The van der Waals surface area contributed by atoms with E-state index in [1.54, 1.807) is 0 Å². The van der Waals surface area contributed by atoms with E-state index in [0.717, 1.165) is 0 Å². The normalized spacial score (nSPS) is 6.18. The maximum atomic E-state index is 8.45. The molecule has 17 heteroatoms. The van der Waals surface area contributed by atoms with Gasteiger partial charge in [-0.3, -0.25) is 0 Å². The van der Waals surface area contributed by atoms with Gasteiger partial charge in [0.1, 0.15) is 0 Å². The molecule has 0 radical (unpaired) electrons. The molecule has 0 fully saturated rings. The molecular formula is H5CaCo5LaO10. The van der Waals surface area contributed by atoms with Crippen molar-refractivity contribution >= 4 is 37.7 Å². The standard InChI is InChI=1S/Ca.5Co.La.5H2O.5O/h;;;;;;;5*1H2;;;;;/q+2;;;;;;+3;;;;;;;;;;/p-5. The molecule has 17 heavy (non-hydrogen) atoms. The summed E-state index contributed by atoms with van der Waals surface area (Å²) in [6.45, 7) is 0. The van der Waals surface area contributed by atoms with E-state index < -0.39 is 74.8 Å². The van der Waals surface area contributed by atoms with Crippen molar-refractivity contribution in [1.29, 1.82) is 0 Å². The zero-order valence-electron chi connectivity index (χ0n) is 7.23. The third-order valence-corrected chi connectivity index (χ3v) is 0. The minimum absolute atomic E-state index is 0. The van der Waals surface area contributed by atoms with Gasteiger partial charge in [0.2, 0.25) is 0 Å². The topological polar surface area (TPSA) is 186 Å². The second-order valence-electron chi connectivity index (χ2n) is 0.304. The van der Waals surface area contributed by atoms with Gasteiger partial charge in [0.05, 0.1) is 0 Å². The summed E-state index contributed by atoms with van der Waals surface area (Å²) in [5.41, 5.74) is 0. The van der Waals surface area contributed by atoms with Gasteiger partial charge in [-0.2, -0.15) is 0 Å². The molecule has 0 bridgehead atoms. The summed E-state index contributed by atoms with van der Waals surface area (Å²) in [6.07, 6.45) is 0. The molecular weight excluding hydrogens is 634 g/mol. The van der Waals surface area contributed by atoms with Crippen LogP contribution in [0.5, 0.6) is 0 Å². The molecule has 0 rings (SSSR count). The molecule has 10 nitrogen and oxygen atoms in total. The fourth-order valence-corrected chi connectivity index (χ4v) is 0. The second kappa shape index (κ2) is 90.5. The summed E-state index contributed by atoms with van der Waals surface area (Å²) in [4.78, 5) is 0. The molecule has 0 aromatic rings. The Morgan fingerprint density at radius 2 is 0.471 bits per heavy atom. The zero-order valence-corrected chi connectivity index (χ0v) is 18.3. The average molecular weight is 639 g/mol. The molecule has 0 aliphatic heterocycles. The van der Waals surface area contributed by atoms with Crippen LogP contribution in [0.15, 0.2) is 0 Å². The van der Waals surface area contributed by atoms with E-state index >= 15 is 0 Å².